The van der Waals surface area contributed by atoms with Gasteiger partial charge in [-0.3, -0.25) is 5.41 Å². The molecule has 0 aliphatic rings. The molecule has 0 aromatic heterocycles. The maximum atomic E-state index is 12.1. The largest absolute Gasteiger partial charge is 0.384 e. The van der Waals surface area contributed by atoms with Crippen LogP contribution in [0.2, 0.25) is 0 Å². The van der Waals surface area contributed by atoms with Crippen molar-refractivity contribution in [3.63, 3.8) is 0 Å². The number of benzene rings is 1. The molecular weight excluding hydrogens is 292 g/mol. The number of nitrogens with two attached hydrogens (primary N) is 1. The fraction of sp³-hybridized carbons (Fsp3) is 0.500. The van der Waals surface area contributed by atoms with Crippen LogP contribution in [0.1, 0.15) is 31.7 Å². The molecule has 0 atom stereocenters. The zero-order valence-electron chi connectivity index (χ0n) is 11.8. The monoisotopic (exact) mass is 314 g/mol. The number of hydrogen-bond acceptors (Lipinski definition) is 4. The summed E-state index contributed by atoms with van der Waals surface area (Å²) < 4.78 is 24.2. The first-order valence-corrected chi connectivity index (χ1v) is 9.53. The van der Waals surface area contributed by atoms with Gasteiger partial charge in [0.25, 0.3) is 0 Å². The lowest BCUT2D eigenvalue weighted by molar-refractivity contribution is 0.597. The fourth-order valence-corrected chi connectivity index (χ4v) is 4.43. The van der Waals surface area contributed by atoms with Gasteiger partial charge in [-0.25, -0.2) is 8.42 Å². The first kappa shape index (κ1) is 17.0. The van der Waals surface area contributed by atoms with Crippen molar-refractivity contribution in [1.82, 2.24) is 0 Å². The molecule has 1 aromatic rings. The summed E-state index contributed by atoms with van der Waals surface area (Å²) in [4.78, 5) is 0.302. The van der Waals surface area contributed by atoms with Gasteiger partial charge in [0.1, 0.15) is 5.84 Å². The van der Waals surface area contributed by atoms with Crippen LogP contribution >= 0.6 is 11.8 Å². The van der Waals surface area contributed by atoms with Gasteiger partial charge in [0, 0.05) is 11.3 Å². The second-order valence-electron chi connectivity index (χ2n) is 4.58. The highest BCUT2D eigenvalue weighted by Gasteiger charge is 2.14. The number of amidine groups is 1. The maximum Gasteiger partial charge on any atom is 0.179 e. The predicted molar refractivity (Wildman–Crippen MR) is 86.4 cm³/mol. The second kappa shape index (κ2) is 8.32. The standard InChI is InChI=1S/C14H22N2O2S2/c1-2-3-4-9-19-10-11-20(17,18)13-7-5-12(6-8-13)14(15)16/h5-8H,2-4,9-11H2,1H3,(H3,15,16). The van der Waals surface area contributed by atoms with Gasteiger partial charge < -0.3 is 5.73 Å². The van der Waals surface area contributed by atoms with Crippen LogP contribution in [0.4, 0.5) is 0 Å². The van der Waals surface area contributed by atoms with E-state index in [-0.39, 0.29) is 11.6 Å². The first-order valence-electron chi connectivity index (χ1n) is 6.72. The van der Waals surface area contributed by atoms with Crippen molar-refractivity contribution in [1.29, 1.82) is 5.41 Å². The minimum absolute atomic E-state index is 0.0552. The third kappa shape index (κ3) is 5.54. The molecule has 20 heavy (non-hydrogen) atoms. The van der Waals surface area contributed by atoms with E-state index < -0.39 is 9.84 Å². The summed E-state index contributed by atoms with van der Waals surface area (Å²) in [7, 11) is -3.23. The second-order valence-corrected chi connectivity index (χ2v) is 7.91. The van der Waals surface area contributed by atoms with Gasteiger partial charge >= 0.3 is 0 Å². The third-order valence-electron chi connectivity index (χ3n) is 2.91. The molecule has 0 aliphatic heterocycles. The molecule has 0 spiro atoms. The number of unbranched alkanes of at least 4 members (excludes halogenated alkanes) is 2. The number of hydrogen-bond donors (Lipinski definition) is 2. The molecule has 0 fully saturated rings. The third-order valence-corrected chi connectivity index (χ3v) is 5.97. The zero-order valence-corrected chi connectivity index (χ0v) is 13.4. The number of rotatable bonds is 9. The lowest BCUT2D eigenvalue weighted by Crippen LogP contribution is -2.12. The number of nitrogens with one attached hydrogen (secondary N) is 1. The minimum Gasteiger partial charge on any atom is -0.384 e. The van der Waals surface area contributed by atoms with Crippen molar-refractivity contribution in [2.24, 2.45) is 5.73 Å². The van der Waals surface area contributed by atoms with E-state index in [0.717, 1.165) is 12.2 Å². The summed E-state index contributed by atoms with van der Waals surface area (Å²) in [6.07, 6.45) is 3.53. The van der Waals surface area contributed by atoms with Crippen LogP contribution in [0.25, 0.3) is 0 Å². The molecule has 1 rings (SSSR count). The molecule has 0 bridgehead atoms. The first-order chi connectivity index (χ1) is 9.47. The highest BCUT2D eigenvalue weighted by molar-refractivity contribution is 8.00. The van der Waals surface area contributed by atoms with Crippen molar-refractivity contribution in [3.8, 4) is 0 Å². The fourth-order valence-electron chi connectivity index (χ4n) is 1.68. The number of thioether (sulfide) groups is 1. The Balaban J connectivity index is 2.49. The Bertz CT molecular complexity index is 525. The van der Waals surface area contributed by atoms with Crippen molar-refractivity contribution in [3.05, 3.63) is 29.8 Å². The van der Waals surface area contributed by atoms with Crippen LogP contribution in [0.5, 0.6) is 0 Å². The SMILES string of the molecule is CCCCCSCCS(=O)(=O)c1ccc(C(=N)N)cc1. The van der Waals surface area contributed by atoms with Crippen molar-refractivity contribution < 1.29 is 8.42 Å². The van der Waals surface area contributed by atoms with Gasteiger partial charge in [-0.2, -0.15) is 11.8 Å². The van der Waals surface area contributed by atoms with Crippen molar-refractivity contribution in [2.75, 3.05) is 17.3 Å². The molecule has 3 N–H and O–H groups in total. The molecule has 0 aliphatic carbocycles. The van der Waals surface area contributed by atoms with Gasteiger partial charge in [-0.05, 0) is 24.3 Å². The van der Waals surface area contributed by atoms with E-state index in [1.54, 1.807) is 23.9 Å². The van der Waals surface area contributed by atoms with E-state index in [1.165, 1.54) is 25.0 Å². The summed E-state index contributed by atoms with van der Waals surface area (Å²) in [5, 5.41) is 7.28. The minimum atomic E-state index is -3.23. The topological polar surface area (TPSA) is 84.0 Å². The molecule has 4 nitrogen and oxygen atoms in total. The van der Waals surface area contributed by atoms with Crippen LogP contribution in [0.3, 0.4) is 0 Å². The smallest absolute Gasteiger partial charge is 0.179 e. The molecule has 112 valence electrons. The van der Waals surface area contributed by atoms with Crippen LogP contribution in [-0.2, 0) is 9.84 Å². The van der Waals surface area contributed by atoms with E-state index >= 15 is 0 Å². The molecule has 0 unspecified atom stereocenters. The molecule has 1 aromatic carbocycles. The molecule has 0 saturated carbocycles. The van der Waals surface area contributed by atoms with E-state index in [4.69, 9.17) is 11.1 Å². The van der Waals surface area contributed by atoms with Crippen LogP contribution in [-0.4, -0.2) is 31.5 Å². The lowest BCUT2D eigenvalue weighted by atomic mass is 10.2. The predicted octanol–water partition coefficient (Wildman–Crippen LogP) is 2.67. The summed E-state index contributed by atoms with van der Waals surface area (Å²) in [5.74, 6) is 1.75. The molecular formula is C14H22N2O2S2. The van der Waals surface area contributed by atoms with Crippen LogP contribution in [0, 0.1) is 5.41 Å². The maximum absolute atomic E-state index is 12.1. The van der Waals surface area contributed by atoms with E-state index in [9.17, 15) is 8.42 Å². The van der Waals surface area contributed by atoms with Gasteiger partial charge in [-0.1, -0.05) is 31.9 Å². The Hall–Kier alpha value is -1.01. The summed E-state index contributed by atoms with van der Waals surface area (Å²) in [6.45, 7) is 2.15. The van der Waals surface area contributed by atoms with Crippen molar-refractivity contribution >= 4 is 27.4 Å². The average Bonchev–Trinajstić information content (AvgIpc) is 2.43. The number of sulfone groups is 1. The Morgan fingerprint density at radius 3 is 2.40 bits per heavy atom. The number of nitrogen functional groups attached to an aromatic ring is 1. The Morgan fingerprint density at radius 1 is 1.20 bits per heavy atom. The quantitative estimate of drug-likeness (QED) is 0.417. The summed E-state index contributed by atoms with van der Waals surface area (Å²) >= 11 is 1.69. The van der Waals surface area contributed by atoms with E-state index in [0.29, 0.717) is 16.2 Å². The van der Waals surface area contributed by atoms with Gasteiger partial charge in [0.2, 0.25) is 0 Å². The van der Waals surface area contributed by atoms with Gasteiger partial charge in [0.15, 0.2) is 9.84 Å². The zero-order chi connectivity index (χ0) is 15.0. The summed E-state index contributed by atoms with van der Waals surface area (Å²) in [6, 6.07) is 6.19. The van der Waals surface area contributed by atoms with Crippen molar-refractivity contribution in [2.45, 2.75) is 31.1 Å². The molecule has 0 heterocycles. The highest BCUT2D eigenvalue weighted by atomic mass is 32.2. The van der Waals surface area contributed by atoms with Crippen LogP contribution in [0.15, 0.2) is 29.2 Å². The Morgan fingerprint density at radius 2 is 1.85 bits per heavy atom. The normalized spacial score (nSPS) is 11.4. The lowest BCUT2D eigenvalue weighted by Gasteiger charge is -2.05. The molecule has 0 amide bonds. The highest BCUT2D eigenvalue weighted by Crippen LogP contribution is 2.15. The Labute approximate surface area is 125 Å². The van der Waals surface area contributed by atoms with Gasteiger partial charge in [0.05, 0.1) is 10.6 Å². The van der Waals surface area contributed by atoms with E-state index in [2.05, 4.69) is 6.92 Å². The molecule has 6 heteroatoms. The van der Waals surface area contributed by atoms with Gasteiger partial charge in [-0.15, -0.1) is 0 Å². The summed E-state index contributed by atoms with van der Waals surface area (Å²) in [5.41, 5.74) is 5.88. The molecule has 0 radical (unpaired) electrons. The Kier molecular flexibility index (Phi) is 7.09. The average molecular weight is 314 g/mol. The van der Waals surface area contributed by atoms with Crippen LogP contribution < -0.4 is 5.73 Å². The van der Waals surface area contributed by atoms with E-state index in [1.807, 2.05) is 0 Å². The molecule has 0 saturated heterocycles.